The second-order valence-electron chi connectivity index (χ2n) is 3.09. The number of rotatable bonds is 3. The third-order valence-corrected chi connectivity index (χ3v) is 2.33. The molecule has 4 nitrogen and oxygen atoms in total. The zero-order valence-corrected chi connectivity index (χ0v) is 8.56. The van der Waals surface area contributed by atoms with Crippen LogP contribution in [0.25, 0.3) is 10.9 Å². The summed E-state index contributed by atoms with van der Waals surface area (Å²) in [6.07, 6.45) is 2.46. The standard InChI is InChI=1S/C11H11NO3/c1-14-9-3-4-10-8(7-13)6-12(15-2)11(10)5-9/h3-7H,1-2H3. The van der Waals surface area contributed by atoms with Gasteiger partial charge in [0.05, 0.1) is 18.8 Å². The molecule has 0 aliphatic carbocycles. The molecule has 15 heavy (non-hydrogen) atoms. The average molecular weight is 205 g/mol. The van der Waals surface area contributed by atoms with E-state index in [0.717, 1.165) is 22.9 Å². The summed E-state index contributed by atoms with van der Waals surface area (Å²) in [6, 6.07) is 5.48. The maximum Gasteiger partial charge on any atom is 0.152 e. The first-order valence-corrected chi connectivity index (χ1v) is 4.49. The van der Waals surface area contributed by atoms with Crippen LogP contribution in [0, 0.1) is 0 Å². The first kappa shape index (κ1) is 9.58. The molecule has 0 aliphatic rings. The minimum atomic E-state index is 0.606. The van der Waals surface area contributed by atoms with E-state index in [2.05, 4.69) is 0 Å². The lowest BCUT2D eigenvalue weighted by Crippen LogP contribution is -2.02. The second kappa shape index (κ2) is 3.65. The van der Waals surface area contributed by atoms with Gasteiger partial charge in [-0.05, 0) is 12.1 Å². The molecule has 0 fully saturated rings. The normalized spacial score (nSPS) is 10.3. The van der Waals surface area contributed by atoms with Crippen molar-refractivity contribution in [1.29, 1.82) is 0 Å². The minimum absolute atomic E-state index is 0.606. The predicted molar refractivity (Wildman–Crippen MR) is 56.4 cm³/mol. The van der Waals surface area contributed by atoms with E-state index in [4.69, 9.17) is 9.57 Å². The summed E-state index contributed by atoms with van der Waals surface area (Å²) in [5, 5.41) is 0.854. The maximum atomic E-state index is 10.8. The van der Waals surface area contributed by atoms with E-state index in [-0.39, 0.29) is 0 Å². The van der Waals surface area contributed by atoms with Gasteiger partial charge in [-0.1, -0.05) is 0 Å². The third-order valence-electron chi connectivity index (χ3n) is 2.33. The van der Waals surface area contributed by atoms with Crippen molar-refractivity contribution in [2.75, 3.05) is 14.2 Å². The number of benzene rings is 1. The number of carbonyl (C=O) groups excluding carboxylic acids is 1. The first-order valence-electron chi connectivity index (χ1n) is 4.49. The van der Waals surface area contributed by atoms with Crippen molar-refractivity contribution < 1.29 is 14.4 Å². The minimum Gasteiger partial charge on any atom is -0.497 e. The van der Waals surface area contributed by atoms with Gasteiger partial charge in [-0.15, -0.1) is 0 Å². The summed E-state index contributed by atoms with van der Waals surface area (Å²) < 4.78 is 6.65. The number of aromatic nitrogens is 1. The molecule has 0 N–H and O–H groups in total. The van der Waals surface area contributed by atoms with Crippen molar-refractivity contribution >= 4 is 17.2 Å². The van der Waals surface area contributed by atoms with Crippen molar-refractivity contribution in [2.24, 2.45) is 0 Å². The molecular formula is C11H11NO3. The number of nitrogens with zero attached hydrogens (tertiary/aromatic N) is 1. The van der Waals surface area contributed by atoms with Gasteiger partial charge in [0.2, 0.25) is 0 Å². The van der Waals surface area contributed by atoms with Gasteiger partial charge in [-0.25, -0.2) is 0 Å². The lowest BCUT2D eigenvalue weighted by Gasteiger charge is -2.03. The predicted octanol–water partition coefficient (Wildman–Crippen LogP) is 1.52. The zero-order valence-electron chi connectivity index (χ0n) is 8.56. The van der Waals surface area contributed by atoms with Gasteiger partial charge in [0, 0.05) is 17.0 Å². The van der Waals surface area contributed by atoms with Crippen molar-refractivity contribution in [3.63, 3.8) is 0 Å². The molecule has 0 bridgehead atoms. The fourth-order valence-electron chi connectivity index (χ4n) is 1.58. The van der Waals surface area contributed by atoms with Crippen molar-refractivity contribution in [2.45, 2.75) is 0 Å². The number of methoxy groups -OCH3 is 1. The average Bonchev–Trinajstić information content (AvgIpc) is 2.65. The summed E-state index contributed by atoms with van der Waals surface area (Å²) in [5.74, 6) is 0.733. The summed E-state index contributed by atoms with van der Waals surface area (Å²) in [6.45, 7) is 0. The van der Waals surface area contributed by atoms with Gasteiger partial charge in [-0.3, -0.25) is 4.79 Å². The molecule has 0 radical (unpaired) electrons. The molecule has 1 aromatic heterocycles. The van der Waals surface area contributed by atoms with Crippen LogP contribution >= 0.6 is 0 Å². The molecule has 1 aromatic carbocycles. The topological polar surface area (TPSA) is 40.5 Å². The van der Waals surface area contributed by atoms with Crippen LogP contribution in [0.15, 0.2) is 24.4 Å². The fraction of sp³-hybridized carbons (Fsp3) is 0.182. The molecule has 0 unspecified atom stereocenters. The van der Waals surface area contributed by atoms with E-state index in [1.807, 2.05) is 18.2 Å². The number of hydrogen-bond acceptors (Lipinski definition) is 3. The number of ether oxygens (including phenoxy) is 1. The molecule has 4 heteroatoms. The van der Waals surface area contributed by atoms with Gasteiger partial charge >= 0.3 is 0 Å². The highest BCUT2D eigenvalue weighted by atomic mass is 16.6. The number of aldehydes is 1. The van der Waals surface area contributed by atoms with Gasteiger partial charge < -0.3 is 9.57 Å². The van der Waals surface area contributed by atoms with E-state index in [1.165, 1.54) is 0 Å². The largest absolute Gasteiger partial charge is 0.497 e. The molecule has 0 amide bonds. The van der Waals surface area contributed by atoms with Gasteiger partial charge in [0.15, 0.2) is 6.29 Å². The smallest absolute Gasteiger partial charge is 0.152 e. The Balaban J connectivity index is 2.73. The van der Waals surface area contributed by atoms with Gasteiger partial charge in [-0.2, -0.15) is 4.73 Å². The SMILES string of the molecule is COc1ccc2c(C=O)cn(OC)c2c1. The maximum absolute atomic E-state index is 10.8. The van der Waals surface area contributed by atoms with Crippen molar-refractivity contribution in [3.05, 3.63) is 30.0 Å². The monoisotopic (exact) mass is 205 g/mol. The van der Waals surface area contributed by atoms with E-state index in [1.54, 1.807) is 25.1 Å². The summed E-state index contributed by atoms with van der Waals surface area (Å²) in [4.78, 5) is 15.9. The number of hydrogen-bond donors (Lipinski definition) is 0. The molecule has 0 saturated heterocycles. The molecule has 2 rings (SSSR count). The molecule has 0 spiro atoms. The van der Waals surface area contributed by atoms with Crippen LogP contribution in [0.5, 0.6) is 5.75 Å². The number of fused-ring (bicyclic) bond motifs is 1. The molecule has 1 heterocycles. The lowest BCUT2D eigenvalue weighted by molar-refractivity contribution is 0.112. The Bertz CT molecular complexity index is 502. The molecule has 0 atom stereocenters. The highest BCUT2D eigenvalue weighted by Crippen LogP contribution is 2.24. The van der Waals surface area contributed by atoms with E-state index >= 15 is 0 Å². The quantitative estimate of drug-likeness (QED) is 0.713. The molecule has 0 saturated carbocycles. The van der Waals surface area contributed by atoms with Crippen LogP contribution < -0.4 is 9.57 Å². The highest BCUT2D eigenvalue weighted by Gasteiger charge is 2.08. The second-order valence-corrected chi connectivity index (χ2v) is 3.09. The zero-order chi connectivity index (χ0) is 10.8. The molecule has 2 aromatic rings. The van der Waals surface area contributed by atoms with E-state index < -0.39 is 0 Å². The Labute approximate surface area is 87.0 Å². The lowest BCUT2D eigenvalue weighted by atomic mass is 10.2. The van der Waals surface area contributed by atoms with Gasteiger partial charge in [0.1, 0.15) is 12.9 Å². The fourth-order valence-corrected chi connectivity index (χ4v) is 1.58. The number of carbonyl (C=O) groups is 1. The van der Waals surface area contributed by atoms with Crippen LogP contribution in [0.1, 0.15) is 10.4 Å². The van der Waals surface area contributed by atoms with Crippen LogP contribution in [0.3, 0.4) is 0 Å². The Hall–Kier alpha value is -1.97. The molecular weight excluding hydrogens is 194 g/mol. The Morgan fingerprint density at radius 3 is 2.73 bits per heavy atom. The molecule has 78 valence electrons. The van der Waals surface area contributed by atoms with Gasteiger partial charge in [0.25, 0.3) is 0 Å². The Morgan fingerprint density at radius 1 is 1.33 bits per heavy atom. The van der Waals surface area contributed by atoms with Crippen molar-refractivity contribution in [3.8, 4) is 5.75 Å². The van der Waals surface area contributed by atoms with E-state index in [0.29, 0.717) is 5.56 Å². The summed E-state index contributed by atoms with van der Waals surface area (Å²) in [5.41, 5.74) is 1.42. The van der Waals surface area contributed by atoms with E-state index in [9.17, 15) is 4.79 Å². The molecule has 0 aliphatic heterocycles. The Kier molecular flexibility index (Phi) is 2.33. The Morgan fingerprint density at radius 2 is 2.13 bits per heavy atom. The van der Waals surface area contributed by atoms with Crippen LogP contribution in [-0.4, -0.2) is 25.2 Å². The third kappa shape index (κ3) is 1.44. The first-order chi connectivity index (χ1) is 7.30. The van der Waals surface area contributed by atoms with Crippen LogP contribution in [0.2, 0.25) is 0 Å². The summed E-state index contributed by atoms with van der Waals surface area (Å²) >= 11 is 0. The highest BCUT2D eigenvalue weighted by molar-refractivity contribution is 5.97. The van der Waals surface area contributed by atoms with Crippen LogP contribution in [0.4, 0.5) is 0 Å². The van der Waals surface area contributed by atoms with Crippen molar-refractivity contribution in [1.82, 2.24) is 4.73 Å². The summed E-state index contributed by atoms with van der Waals surface area (Å²) in [7, 11) is 3.15. The van der Waals surface area contributed by atoms with Crippen LogP contribution in [-0.2, 0) is 0 Å².